The fourth-order valence-electron chi connectivity index (χ4n) is 3.08. The molecule has 1 amide bonds. The zero-order valence-corrected chi connectivity index (χ0v) is 17.2. The number of esters is 1. The molecule has 6 nitrogen and oxygen atoms in total. The molecule has 1 unspecified atom stereocenters. The Balaban J connectivity index is 1.77. The molecule has 0 saturated carbocycles. The molecule has 6 heteroatoms. The lowest BCUT2D eigenvalue weighted by Crippen LogP contribution is -2.45. The van der Waals surface area contributed by atoms with Crippen LogP contribution >= 0.6 is 0 Å². The summed E-state index contributed by atoms with van der Waals surface area (Å²) in [7, 11) is 2.12. The molecule has 0 aliphatic carbocycles. The summed E-state index contributed by atoms with van der Waals surface area (Å²) < 4.78 is 5.47. The average molecular weight is 388 g/mol. The first-order chi connectivity index (χ1) is 13.5. The Bertz CT molecular complexity index is 637. The van der Waals surface area contributed by atoms with E-state index in [9.17, 15) is 9.59 Å². The van der Waals surface area contributed by atoms with Crippen molar-refractivity contribution in [1.29, 1.82) is 0 Å². The summed E-state index contributed by atoms with van der Waals surface area (Å²) in [6.07, 6.45) is 4.69. The molecule has 1 atom stereocenters. The lowest BCUT2D eigenvalue weighted by molar-refractivity contribution is -0.116. The first-order valence-corrected chi connectivity index (χ1v) is 10.2. The smallest absolute Gasteiger partial charge is 0.338 e. The van der Waals surface area contributed by atoms with Gasteiger partial charge in [-0.05, 0) is 44.2 Å². The van der Waals surface area contributed by atoms with Crippen LogP contribution in [-0.2, 0) is 9.53 Å². The van der Waals surface area contributed by atoms with Crippen molar-refractivity contribution in [3.05, 3.63) is 42.5 Å². The van der Waals surface area contributed by atoms with Gasteiger partial charge in [0.15, 0.2) is 0 Å². The van der Waals surface area contributed by atoms with Gasteiger partial charge in [-0.2, -0.15) is 0 Å². The fourth-order valence-corrected chi connectivity index (χ4v) is 3.08. The number of hydrogen-bond donors (Lipinski definition) is 1. The molecule has 1 heterocycles. The summed E-state index contributed by atoms with van der Waals surface area (Å²) in [6.45, 7) is 10.7. The SMILES string of the molecule is C=CC(CCCC)OC(=O)c1ccc(NC(=O)CCN2CCN(C)CC2)cc1. The molecule has 2 rings (SSSR count). The Kier molecular flexibility index (Phi) is 9.17. The van der Waals surface area contributed by atoms with Gasteiger partial charge in [-0.1, -0.05) is 26.0 Å². The van der Waals surface area contributed by atoms with Crippen molar-refractivity contribution < 1.29 is 14.3 Å². The van der Waals surface area contributed by atoms with E-state index in [1.165, 1.54) is 0 Å². The minimum absolute atomic E-state index is 0.0134. The number of unbranched alkanes of at least 4 members (excludes halogenated alkanes) is 1. The predicted molar refractivity (Wildman–Crippen MR) is 113 cm³/mol. The van der Waals surface area contributed by atoms with Crippen LogP contribution in [0, 0.1) is 0 Å². The number of likely N-dealkylation sites (N-methyl/N-ethyl adjacent to an activating group) is 1. The normalized spacial score (nSPS) is 16.4. The maximum atomic E-state index is 12.2. The van der Waals surface area contributed by atoms with Gasteiger partial charge in [0.2, 0.25) is 5.91 Å². The molecule has 0 aromatic heterocycles. The second-order valence-corrected chi connectivity index (χ2v) is 7.34. The molecule has 1 N–H and O–H groups in total. The number of amides is 1. The van der Waals surface area contributed by atoms with Gasteiger partial charge in [-0.15, -0.1) is 0 Å². The van der Waals surface area contributed by atoms with Gasteiger partial charge >= 0.3 is 5.97 Å². The van der Waals surface area contributed by atoms with Gasteiger partial charge in [0.25, 0.3) is 0 Å². The maximum absolute atomic E-state index is 12.2. The molecular formula is C22H33N3O3. The predicted octanol–water partition coefficient (Wildman–Crippen LogP) is 3.16. The maximum Gasteiger partial charge on any atom is 0.338 e. The zero-order chi connectivity index (χ0) is 20.4. The summed E-state index contributed by atoms with van der Waals surface area (Å²) in [5.74, 6) is -0.380. The van der Waals surface area contributed by atoms with Crippen molar-refractivity contribution in [2.45, 2.75) is 38.7 Å². The van der Waals surface area contributed by atoms with E-state index in [0.29, 0.717) is 17.7 Å². The van der Waals surface area contributed by atoms with Crippen molar-refractivity contribution in [1.82, 2.24) is 9.80 Å². The average Bonchev–Trinajstić information content (AvgIpc) is 2.71. The monoisotopic (exact) mass is 387 g/mol. The molecule has 28 heavy (non-hydrogen) atoms. The van der Waals surface area contributed by atoms with Crippen LogP contribution in [0.25, 0.3) is 0 Å². The quantitative estimate of drug-likeness (QED) is 0.494. The highest BCUT2D eigenvalue weighted by Gasteiger charge is 2.15. The van der Waals surface area contributed by atoms with E-state index in [-0.39, 0.29) is 18.0 Å². The molecule has 1 fully saturated rings. The number of ether oxygens (including phenoxy) is 1. The van der Waals surface area contributed by atoms with Gasteiger partial charge < -0.3 is 19.9 Å². The van der Waals surface area contributed by atoms with Crippen LogP contribution in [0.3, 0.4) is 0 Å². The Morgan fingerprint density at radius 1 is 1.21 bits per heavy atom. The number of carbonyl (C=O) groups is 2. The lowest BCUT2D eigenvalue weighted by Gasteiger charge is -2.32. The topological polar surface area (TPSA) is 61.9 Å². The van der Waals surface area contributed by atoms with Crippen molar-refractivity contribution in [3.63, 3.8) is 0 Å². The highest BCUT2D eigenvalue weighted by molar-refractivity contribution is 5.93. The first kappa shape index (κ1) is 22.1. The molecule has 1 aromatic rings. The third-order valence-corrected chi connectivity index (χ3v) is 5.02. The van der Waals surface area contributed by atoms with Gasteiger partial charge in [0.1, 0.15) is 6.10 Å². The minimum atomic E-state index is -0.367. The molecule has 1 aliphatic heterocycles. The molecule has 1 aliphatic rings. The van der Waals surface area contributed by atoms with E-state index in [0.717, 1.165) is 52.0 Å². The first-order valence-electron chi connectivity index (χ1n) is 10.2. The van der Waals surface area contributed by atoms with Crippen LogP contribution in [0.1, 0.15) is 43.0 Å². The lowest BCUT2D eigenvalue weighted by atomic mass is 10.1. The number of hydrogen-bond acceptors (Lipinski definition) is 5. The Labute approximate surface area is 168 Å². The van der Waals surface area contributed by atoms with Crippen LogP contribution in [0.2, 0.25) is 0 Å². The van der Waals surface area contributed by atoms with Crippen LogP contribution in [0.4, 0.5) is 5.69 Å². The van der Waals surface area contributed by atoms with Crippen LogP contribution in [0.15, 0.2) is 36.9 Å². The van der Waals surface area contributed by atoms with Gasteiger partial charge in [-0.3, -0.25) is 4.79 Å². The summed E-state index contributed by atoms with van der Waals surface area (Å²) in [5.41, 5.74) is 1.16. The summed E-state index contributed by atoms with van der Waals surface area (Å²) in [6, 6.07) is 6.83. The van der Waals surface area contributed by atoms with Gasteiger partial charge in [0.05, 0.1) is 5.56 Å². The third-order valence-electron chi connectivity index (χ3n) is 5.02. The highest BCUT2D eigenvalue weighted by Crippen LogP contribution is 2.14. The minimum Gasteiger partial charge on any atom is -0.455 e. The standard InChI is InChI=1S/C22H33N3O3/c1-4-6-7-20(5-2)28-22(27)18-8-10-19(11-9-18)23-21(26)12-13-25-16-14-24(3)15-17-25/h5,8-11,20H,2,4,6-7,12-17H2,1,3H3,(H,23,26). The largest absolute Gasteiger partial charge is 0.455 e. The van der Waals surface area contributed by atoms with Crippen molar-refractivity contribution >= 4 is 17.6 Å². The molecule has 0 bridgehead atoms. The Morgan fingerprint density at radius 2 is 1.89 bits per heavy atom. The van der Waals surface area contributed by atoms with Crippen molar-refractivity contribution in [2.24, 2.45) is 0 Å². The molecule has 1 saturated heterocycles. The van der Waals surface area contributed by atoms with E-state index >= 15 is 0 Å². The second-order valence-electron chi connectivity index (χ2n) is 7.34. The number of benzene rings is 1. The van der Waals surface area contributed by atoms with Gasteiger partial charge in [0, 0.05) is 44.8 Å². The van der Waals surface area contributed by atoms with Crippen LogP contribution in [-0.4, -0.2) is 67.6 Å². The van der Waals surface area contributed by atoms with Crippen molar-refractivity contribution in [3.8, 4) is 0 Å². The summed E-state index contributed by atoms with van der Waals surface area (Å²) >= 11 is 0. The summed E-state index contributed by atoms with van der Waals surface area (Å²) in [5, 5.41) is 2.89. The van der Waals surface area contributed by atoms with E-state index < -0.39 is 0 Å². The van der Waals surface area contributed by atoms with Gasteiger partial charge in [-0.25, -0.2) is 4.79 Å². The van der Waals surface area contributed by atoms with E-state index in [1.54, 1.807) is 30.3 Å². The third kappa shape index (κ3) is 7.44. The molecule has 154 valence electrons. The number of rotatable bonds is 10. The van der Waals surface area contributed by atoms with E-state index in [4.69, 9.17) is 4.74 Å². The van der Waals surface area contributed by atoms with E-state index in [1.807, 2.05) is 0 Å². The second kappa shape index (κ2) is 11.6. The van der Waals surface area contributed by atoms with Crippen LogP contribution < -0.4 is 5.32 Å². The Morgan fingerprint density at radius 3 is 2.50 bits per heavy atom. The molecule has 0 spiro atoms. The number of piperazine rings is 1. The number of nitrogens with one attached hydrogen (secondary N) is 1. The van der Waals surface area contributed by atoms with E-state index in [2.05, 4.69) is 35.7 Å². The molecule has 0 radical (unpaired) electrons. The number of anilines is 1. The zero-order valence-electron chi connectivity index (χ0n) is 17.2. The highest BCUT2D eigenvalue weighted by atomic mass is 16.5. The molecule has 1 aromatic carbocycles. The molecular weight excluding hydrogens is 354 g/mol. The Hall–Kier alpha value is -2.18. The van der Waals surface area contributed by atoms with Crippen LogP contribution in [0.5, 0.6) is 0 Å². The van der Waals surface area contributed by atoms with Crippen molar-refractivity contribution in [2.75, 3.05) is 45.1 Å². The fraction of sp³-hybridized carbons (Fsp3) is 0.545. The number of carbonyl (C=O) groups excluding carboxylic acids is 2. The number of nitrogens with zero attached hydrogens (tertiary/aromatic N) is 2. The summed E-state index contributed by atoms with van der Waals surface area (Å²) in [4.78, 5) is 29.0.